The van der Waals surface area contributed by atoms with Crippen LogP contribution in [-0.2, 0) is 11.8 Å². The lowest BCUT2D eigenvalue weighted by Crippen LogP contribution is -2.50. The second-order valence-corrected chi connectivity index (χ2v) is 7.86. The van der Waals surface area contributed by atoms with Crippen LogP contribution in [0.15, 0.2) is 18.2 Å². The second-order valence-electron chi connectivity index (χ2n) is 7.86. The summed E-state index contributed by atoms with van der Waals surface area (Å²) in [7, 11) is 0. The molecule has 0 radical (unpaired) electrons. The van der Waals surface area contributed by atoms with E-state index in [0.717, 1.165) is 5.92 Å². The maximum Gasteiger partial charge on any atom is 0.115 e. The minimum atomic E-state index is 0.231. The average molecular weight is 285 g/mol. The molecule has 1 heterocycles. The molecule has 2 heteroatoms. The van der Waals surface area contributed by atoms with E-state index in [0.29, 0.717) is 17.7 Å². The van der Waals surface area contributed by atoms with Crippen molar-refractivity contribution in [2.45, 2.75) is 57.4 Å². The molecule has 0 amide bonds. The van der Waals surface area contributed by atoms with Gasteiger partial charge in [-0.1, -0.05) is 19.9 Å². The number of likely N-dealkylation sites (tertiary alicyclic amines) is 1. The molecule has 1 saturated heterocycles. The molecule has 1 aromatic rings. The molecular weight excluding hydrogens is 258 g/mol. The molecule has 2 aliphatic carbocycles. The quantitative estimate of drug-likeness (QED) is 0.895. The van der Waals surface area contributed by atoms with Gasteiger partial charge in [-0.05, 0) is 79.2 Å². The number of fused-ring (bicyclic) bond motifs is 4. The number of phenolic OH excluding ortho intramolecular Hbond substituents is 1. The molecule has 2 fully saturated rings. The van der Waals surface area contributed by atoms with Crippen LogP contribution in [0.5, 0.6) is 5.75 Å². The third kappa shape index (κ3) is 2.19. The second kappa shape index (κ2) is 4.74. The van der Waals surface area contributed by atoms with Crippen LogP contribution < -0.4 is 0 Å². The normalized spacial score (nSPS) is 36.1. The van der Waals surface area contributed by atoms with Crippen molar-refractivity contribution in [2.24, 2.45) is 11.8 Å². The molecule has 2 nitrogen and oxygen atoms in total. The Balaban J connectivity index is 1.74. The van der Waals surface area contributed by atoms with E-state index in [1.807, 2.05) is 12.1 Å². The third-order valence-corrected chi connectivity index (χ3v) is 6.52. The van der Waals surface area contributed by atoms with Crippen LogP contribution in [0.1, 0.15) is 50.7 Å². The van der Waals surface area contributed by atoms with E-state index in [4.69, 9.17) is 0 Å². The number of rotatable bonds is 2. The van der Waals surface area contributed by atoms with Crippen LogP contribution in [0, 0.1) is 11.8 Å². The number of hydrogen-bond donors (Lipinski definition) is 1. The highest BCUT2D eigenvalue weighted by Crippen LogP contribution is 2.49. The van der Waals surface area contributed by atoms with Gasteiger partial charge in [-0.25, -0.2) is 0 Å². The van der Waals surface area contributed by atoms with Gasteiger partial charge in [0.2, 0.25) is 0 Å². The van der Waals surface area contributed by atoms with Crippen molar-refractivity contribution >= 4 is 0 Å². The van der Waals surface area contributed by atoms with Gasteiger partial charge >= 0.3 is 0 Å². The van der Waals surface area contributed by atoms with Crippen LogP contribution in [0.25, 0.3) is 0 Å². The van der Waals surface area contributed by atoms with Crippen molar-refractivity contribution in [3.05, 3.63) is 29.3 Å². The molecule has 1 aromatic carbocycles. The summed E-state index contributed by atoms with van der Waals surface area (Å²) in [5, 5.41) is 9.93. The van der Waals surface area contributed by atoms with Gasteiger partial charge in [0.1, 0.15) is 5.75 Å². The first kappa shape index (κ1) is 13.6. The van der Waals surface area contributed by atoms with E-state index < -0.39 is 0 Å². The summed E-state index contributed by atoms with van der Waals surface area (Å²) in [6, 6.07) is 6.77. The maximum atomic E-state index is 9.93. The molecule has 1 saturated carbocycles. The molecule has 0 aromatic heterocycles. The standard InChI is InChI=1S/C19H27NO/c1-13-18-10-15-6-7-16(21)11-17(15)19(13,2)8-3-9-20(18)12-14-4-5-14/h6-7,11,13-14,18,21H,3-5,8-10,12H2,1-2H3/t13-,18+,19+/m0/s1. The minimum Gasteiger partial charge on any atom is -0.508 e. The Morgan fingerprint density at radius 1 is 1.33 bits per heavy atom. The Morgan fingerprint density at radius 3 is 2.90 bits per heavy atom. The first-order valence-electron chi connectivity index (χ1n) is 8.64. The van der Waals surface area contributed by atoms with Gasteiger partial charge in [-0.3, -0.25) is 4.90 Å². The van der Waals surface area contributed by atoms with Gasteiger partial charge in [-0.2, -0.15) is 0 Å². The van der Waals surface area contributed by atoms with E-state index in [1.165, 1.54) is 56.3 Å². The monoisotopic (exact) mass is 285 g/mol. The van der Waals surface area contributed by atoms with Crippen molar-refractivity contribution in [1.82, 2.24) is 4.90 Å². The Labute approximate surface area is 128 Å². The highest BCUT2D eigenvalue weighted by atomic mass is 16.3. The highest BCUT2D eigenvalue weighted by molar-refractivity contribution is 5.43. The topological polar surface area (TPSA) is 23.5 Å². The number of aromatic hydroxyl groups is 1. The molecule has 114 valence electrons. The number of benzene rings is 1. The molecule has 1 aliphatic heterocycles. The molecule has 21 heavy (non-hydrogen) atoms. The molecule has 3 aliphatic rings. The lowest BCUT2D eigenvalue weighted by Gasteiger charge is -2.47. The highest BCUT2D eigenvalue weighted by Gasteiger charge is 2.47. The van der Waals surface area contributed by atoms with Crippen molar-refractivity contribution in [1.29, 1.82) is 0 Å². The minimum absolute atomic E-state index is 0.231. The summed E-state index contributed by atoms with van der Waals surface area (Å²) in [5.41, 5.74) is 3.12. The number of nitrogens with zero attached hydrogens (tertiary/aromatic N) is 1. The first-order chi connectivity index (χ1) is 10.1. The van der Waals surface area contributed by atoms with Crippen molar-refractivity contribution in [2.75, 3.05) is 13.1 Å². The zero-order chi connectivity index (χ0) is 14.6. The molecule has 3 atom stereocenters. The Morgan fingerprint density at radius 2 is 2.14 bits per heavy atom. The smallest absolute Gasteiger partial charge is 0.115 e. The summed E-state index contributed by atoms with van der Waals surface area (Å²) in [6.45, 7) is 7.46. The van der Waals surface area contributed by atoms with E-state index in [9.17, 15) is 5.11 Å². The third-order valence-electron chi connectivity index (χ3n) is 6.52. The summed E-state index contributed by atoms with van der Waals surface area (Å²) >= 11 is 0. The van der Waals surface area contributed by atoms with Crippen LogP contribution in [-0.4, -0.2) is 29.1 Å². The molecule has 0 unspecified atom stereocenters. The van der Waals surface area contributed by atoms with Gasteiger partial charge in [0, 0.05) is 12.6 Å². The van der Waals surface area contributed by atoms with Crippen LogP contribution >= 0.6 is 0 Å². The zero-order valence-electron chi connectivity index (χ0n) is 13.3. The van der Waals surface area contributed by atoms with Crippen LogP contribution in [0.4, 0.5) is 0 Å². The maximum absolute atomic E-state index is 9.93. The molecular formula is C19H27NO. The molecule has 0 spiro atoms. The average Bonchev–Trinajstić information content (AvgIpc) is 3.26. The lowest BCUT2D eigenvalue weighted by atomic mass is 9.61. The van der Waals surface area contributed by atoms with Crippen molar-refractivity contribution in [3.8, 4) is 5.75 Å². The molecule has 1 N–H and O–H groups in total. The van der Waals surface area contributed by atoms with Crippen molar-refractivity contribution < 1.29 is 5.11 Å². The van der Waals surface area contributed by atoms with E-state index in [1.54, 1.807) is 0 Å². The van der Waals surface area contributed by atoms with Gasteiger partial charge in [0.15, 0.2) is 0 Å². The molecule has 2 bridgehead atoms. The fraction of sp³-hybridized carbons (Fsp3) is 0.684. The summed E-state index contributed by atoms with van der Waals surface area (Å²) in [4.78, 5) is 2.80. The van der Waals surface area contributed by atoms with E-state index in [2.05, 4.69) is 24.8 Å². The summed E-state index contributed by atoms with van der Waals surface area (Å²) < 4.78 is 0. The fourth-order valence-electron chi connectivity index (χ4n) is 4.83. The summed E-state index contributed by atoms with van der Waals surface area (Å²) in [6.07, 6.45) is 6.60. The number of phenols is 1. The Hall–Kier alpha value is -1.02. The van der Waals surface area contributed by atoms with Gasteiger partial charge in [-0.15, -0.1) is 0 Å². The SMILES string of the molecule is C[C@H]1[C@H]2Cc3ccc(O)cc3[C@]1(C)CCCN2CC1CC1. The number of hydrogen-bond acceptors (Lipinski definition) is 2. The first-order valence-corrected chi connectivity index (χ1v) is 8.64. The Bertz CT molecular complexity index is 550. The van der Waals surface area contributed by atoms with Crippen LogP contribution in [0.2, 0.25) is 0 Å². The lowest BCUT2D eigenvalue weighted by molar-refractivity contribution is 0.115. The predicted octanol–water partition coefficient (Wildman–Crippen LogP) is 3.72. The van der Waals surface area contributed by atoms with Crippen molar-refractivity contribution in [3.63, 3.8) is 0 Å². The fourth-order valence-corrected chi connectivity index (χ4v) is 4.83. The van der Waals surface area contributed by atoms with Gasteiger partial charge in [0.25, 0.3) is 0 Å². The predicted molar refractivity (Wildman–Crippen MR) is 85.6 cm³/mol. The van der Waals surface area contributed by atoms with Gasteiger partial charge < -0.3 is 5.11 Å². The zero-order valence-corrected chi connectivity index (χ0v) is 13.3. The van der Waals surface area contributed by atoms with Crippen LogP contribution in [0.3, 0.4) is 0 Å². The van der Waals surface area contributed by atoms with E-state index >= 15 is 0 Å². The largest absolute Gasteiger partial charge is 0.508 e. The Kier molecular flexibility index (Phi) is 3.08. The molecule has 4 rings (SSSR count). The van der Waals surface area contributed by atoms with Gasteiger partial charge in [0.05, 0.1) is 0 Å². The van der Waals surface area contributed by atoms with E-state index in [-0.39, 0.29) is 5.41 Å². The summed E-state index contributed by atoms with van der Waals surface area (Å²) in [5.74, 6) is 2.08.